The highest BCUT2D eigenvalue weighted by Crippen LogP contribution is 2.18. The first-order chi connectivity index (χ1) is 26.7. The number of carbonyl (C=O) groups excluding carboxylic acids is 1. The highest BCUT2D eigenvalue weighted by atomic mass is 16.5. The van der Waals surface area contributed by atoms with E-state index in [1.54, 1.807) is 7.11 Å². The third-order valence-electron chi connectivity index (χ3n) is 11.5. The predicted octanol–water partition coefficient (Wildman–Crippen LogP) is 14.6. The van der Waals surface area contributed by atoms with Crippen molar-refractivity contribution in [3.63, 3.8) is 0 Å². The number of amides is 1. The molecule has 1 amide bonds. The maximum absolute atomic E-state index is 13.3. The predicted molar refractivity (Wildman–Crippen MR) is 238 cm³/mol. The van der Waals surface area contributed by atoms with Gasteiger partial charge in [-0.2, -0.15) is 0 Å². The molecule has 0 aliphatic carbocycles. The first kappa shape index (κ1) is 54.3. The fourth-order valence-electron chi connectivity index (χ4n) is 7.17. The minimum absolute atomic E-state index is 0.121. The van der Waals surface area contributed by atoms with Gasteiger partial charge in [-0.1, -0.05) is 206 Å². The Hall–Kier alpha value is -0.690. The maximum Gasteiger partial charge on any atom is 0.252 e. The van der Waals surface area contributed by atoms with Gasteiger partial charge in [0, 0.05) is 20.3 Å². The van der Waals surface area contributed by atoms with Crippen molar-refractivity contribution in [1.82, 2.24) is 5.32 Å². The van der Waals surface area contributed by atoms with Crippen LogP contribution in [0.25, 0.3) is 0 Å². The summed E-state index contributed by atoms with van der Waals surface area (Å²) in [5.41, 5.74) is -1.22. The lowest BCUT2D eigenvalue weighted by Crippen LogP contribution is -2.51. The van der Waals surface area contributed by atoms with Crippen LogP contribution >= 0.6 is 0 Å². The molecule has 0 spiro atoms. The average Bonchev–Trinajstić information content (AvgIpc) is 3.16. The molecule has 0 aromatic rings. The Morgan fingerprint density at radius 1 is 0.455 bits per heavy atom. The average molecular weight is 782 g/mol. The molecule has 0 aromatic heterocycles. The van der Waals surface area contributed by atoms with Crippen molar-refractivity contribution in [2.45, 2.75) is 271 Å². The lowest BCUT2D eigenvalue weighted by molar-refractivity contribution is -0.146. The Labute approximate surface area is 344 Å². The van der Waals surface area contributed by atoms with E-state index in [2.05, 4.69) is 19.2 Å². The summed E-state index contributed by atoms with van der Waals surface area (Å²) in [6, 6.07) is -0.187. The number of nitrogens with one attached hydrogen (secondary N) is 1. The summed E-state index contributed by atoms with van der Waals surface area (Å²) >= 11 is 0. The zero-order valence-corrected chi connectivity index (χ0v) is 38.5. The lowest BCUT2D eigenvalue weighted by Gasteiger charge is -2.29. The van der Waals surface area contributed by atoms with Gasteiger partial charge in [0.25, 0.3) is 5.91 Å². The summed E-state index contributed by atoms with van der Waals surface area (Å²) in [6.45, 7) is 15.2. The van der Waals surface area contributed by atoms with Gasteiger partial charge in [-0.05, 0) is 47.0 Å². The van der Waals surface area contributed by atoms with Crippen molar-refractivity contribution < 1.29 is 23.7 Å². The second-order valence-electron chi connectivity index (χ2n) is 18.0. The van der Waals surface area contributed by atoms with E-state index < -0.39 is 5.60 Å². The molecule has 0 fully saturated rings. The van der Waals surface area contributed by atoms with Gasteiger partial charge in [0.15, 0.2) is 0 Å². The summed E-state index contributed by atoms with van der Waals surface area (Å²) < 4.78 is 23.8. The minimum atomic E-state index is -0.941. The molecule has 0 unspecified atom stereocenters. The molecule has 330 valence electrons. The molecular weight excluding hydrogens is 683 g/mol. The van der Waals surface area contributed by atoms with Crippen LogP contribution in [0.1, 0.15) is 253 Å². The third-order valence-corrected chi connectivity index (χ3v) is 11.5. The molecule has 0 atom stereocenters. The summed E-state index contributed by atoms with van der Waals surface area (Å²) in [4.78, 5) is 13.3. The summed E-state index contributed by atoms with van der Waals surface area (Å²) in [5.74, 6) is -0.121. The Morgan fingerprint density at radius 3 is 1.04 bits per heavy atom. The Balaban J connectivity index is 4.20. The molecule has 0 rings (SSSR count). The van der Waals surface area contributed by atoms with E-state index in [0.717, 1.165) is 26.1 Å². The van der Waals surface area contributed by atoms with Crippen LogP contribution in [0.2, 0.25) is 0 Å². The molecule has 1 N–H and O–H groups in total. The van der Waals surface area contributed by atoms with Gasteiger partial charge >= 0.3 is 0 Å². The van der Waals surface area contributed by atoms with Crippen LogP contribution in [0.5, 0.6) is 0 Å². The molecule has 55 heavy (non-hydrogen) atoms. The van der Waals surface area contributed by atoms with Crippen molar-refractivity contribution >= 4 is 5.91 Å². The number of unbranched alkanes of at least 4 members (excludes halogenated alkanes) is 30. The van der Waals surface area contributed by atoms with E-state index in [9.17, 15) is 4.79 Å². The third kappa shape index (κ3) is 38.6. The summed E-state index contributed by atoms with van der Waals surface area (Å²) in [6.07, 6.45) is 44.4. The number of rotatable bonds is 45. The molecule has 0 saturated carbocycles. The molecule has 0 aromatic carbocycles. The molecule has 6 heteroatoms. The topological polar surface area (TPSA) is 66.0 Å². The van der Waals surface area contributed by atoms with Crippen LogP contribution in [-0.2, 0) is 23.7 Å². The van der Waals surface area contributed by atoms with E-state index in [-0.39, 0.29) is 17.6 Å². The van der Waals surface area contributed by atoms with Crippen molar-refractivity contribution in [2.75, 3.05) is 40.1 Å². The first-order valence-corrected chi connectivity index (χ1v) is 24.3. The maximum atomic E-state index is 13.3. The van der Waals surface area contributed by atoms with Gasteiger partial charge in [0.2, 0.25) is 0 Å². The van der Waals surface area contributed by atoms with E-state index >= 15 is 0 Å². The highest BCUT2D eigenvalue weighted by Gasteiger charge is 2.31. The van der Waals surface area contributed by atoms with Crippen LogP contribution < -0.4 is 5.32 Å². The number of ether oxygens (including phenoxy) is 4. The number of methoxy groups -OCH3 is 1. The molecule has 0 bridgehead atoms. The molecule has 0 aliphatic heterocycles. The Bertz CT molecular complexity index is 747. The zero-order valence-electron chi connectivity index (χ0n) is 38.5. The molecule has 6 nitrogen and oxygen atoms in total. The normalized spacial score (nSPS) is 12.3. The van der Waals surface area contributed by atoms with Gasteiger partial charge in [-0.3, -0.25) is 4.79 Å². The van der Waals surface area contributed by atoms with Crippen LogP contribution in [0.3, 0.4) is 0 Å². The van der Waals surface area contributed by atoms with Gasteiger partial charge in [0.05, 0.1) is 31.5 Å². The van der Waals surface area contributed by atoms with Crippen LogP contribution in [-0.4, -0.2) is 63.3 Å². The van der Waals surface area contributed by atoms with Crippen LogP contribution in [0, 0.1) is 0 Å². The molecule has 0 radical (unpaired) electrons. The summed E-state index contributed by atoms with van der Waals surface area (Å²) in [5, 5.41) is 3.19. The quantitative estimate of drug-likeness (QED) is 0.0623. The lowest BCUT2D eigenvalue weighted by atomic mass is 10.0. The first-order valence-electron chi connectivity index (χ1n) is 24.3. The second-order valence-corrected chi connectivity index (χ2v) is 18.0. The number of hydrogen-bond donors (Lipinski definition) is 1. The van der Waals surface area contributed by atoms with Crippen molar-refractivity contribution in [3.05, 3.63) is 0 Å². The van der Waals surface area contributed by atoms with Gasteiger partial charge in [-0.15, -0.1) is 0 Å². The standard InChI is InChI=1S/C49H99NO5/c1-8-10-12-14-16-18-20-22-24-26-28-30-32-34-36-38-41-53-44-46(50-47(51)49(5,6)55-43-40-48(3,4)52-7)45-54-42-39-37-35-33-31-29-27-25-23-21-19-17-15-13-11-9-2/h46H,8-45H2,1-7H3,(H,50,51). The highest BCUT2D eigenvalue weighted by molar-refractivity contribution is 5.84. The second kappa shape index (κ2) is 40.1. The number of hydrogen-bond acceptors (Lipinski definition) is 5. The molecule has 0 saturated heterocycles. The Kier molecular flexibility index (Phi) is 39.6. The van der Waals surface area contributed by atoms with Crippen molar-refractivity contribution in [2.24, 2.45) is 0 Å². The number of carbonyl (C=O) groups is 1. The van der Waals surface area contributed by atoms with Crippen LogP contribution in [0.15, 0.2) is 0 Å². The molecule has 0 heterocycles. The fourth-order valence-corrected chi connectivity index (χ4v) is 7.17. The Morgan fingerprint density at radius 2 is 0.745 bits per heavy atom. The van der Waals surface area contributed by atoms with Gasteiger partial charge in [0.1, 0.15) is 5.60 Å². The van der Waals surface area contributed by atoms with Crippen LogP contribution in [0.4, 0.5) is 0 Å². The van der Waals surface area contributed by atoms with E-state index in [4.69, 9.17) is 18.9 Å². The zero-order chi connectivity index (χ0) is 40.6. The van der Waals surface area contributed by atoms with Gasteiger partial charge in [-0.25, -0.2) is 0 Å². The van der Waals surface area contributed by atoms with Gasteiger partial charge < -0.3 is 24.3 Å². The smallest absolute Gasteiger partial charge is 0.252 e. The van der Waals surface area contributed by atoms with E-state index in [1.165, 1.54) is 193 Å². The monoisotopic (exact) mass is 782 g/mol. The van der Waals surface area contributed by atoms with Crippen molar-refractivity contribution in [1.29, 1.82) is 0 Å². The van der Waals surface area contributed by atoms with E-state index in [0.29, 0.717) is 26.2 Å². The summed E-state index contributed by atoms with van der Waals surface area (Å²) in [7, 11) is 1.71. The minimum Gasteiger partial charge on any atom is -0.379 e. The fraction of sp³-hybridized carbons (Fsp3) is 0.980. The largest absolute Gasteiger partial charge is 0.379 e. The molecule has 0 aliphatic rings. The van der Waals surface area contributed by atoms with Crippen molar-refractivity contribution in [3.8, 4) is 0 Å². The molecular formula is C49H99NO5. The SMILES string of the molecule is CCCCCCCCCCCCCCCCCCOCC(COCCCCCCCCCCCCCCCCCC)NC(=O)C(C)(C)OCCC(C)(C)OC. The van der Waals surface area contributed by atoms with E-state index in [1.807, 2.05) is 27.7 Å².